The highest BCUT2D eigenvalue weighted by Gasteiger charge is 2.49. The van der Waals surface area contributed by atoms with Gasteiger partial charge in [-0.25, -0.2) is 9.37 Å². The number of imide groups is 2. The number of carbonyl (C=O) groups is 7. The SMILES string of the molecule is COc1cc(C(=O)NC2CCN(C(=O)CN3CCN(c4ccc5c(c4)C(=O)N(C4CCC(=O)NC4=O)C5=O)CC3)CC2)c(F)cc1Nc1cc2c(cn1)N(C)C(=O)C(F)(F)CN2C1CCCC1. The maximum Gasteiger partial charge on any atom is 0.342 e. The molecular weight excluding hydrogens is 878 g/mol. The lowest BCUT2D eigenvalue weighted by Crippen LogP contribution is -2.54. The van der Waals surface area contributed by atoms with Crippen LogP contribution in [0, 0.1) is 5.82 Å². The molecule has 1 atom stereocenters. The zero-order valence-electron chi connectivity index (χ0n) is 37.1. The van der Waals surface area contributed by atoms with Crippen LogP contribution in [-0.2, 0) is 19.2 Å². The number of nitrogens with one attached hydrogen (secondary N) is 3. The van der Waals surface area contributed by atoms with Gasteiger partial charge in [0.1, 0.15) is 23.4 Å². The first kappa shape index (κ1) is 45.4. The van der Waals surface area contributed by atoms with Gasteiger partial charge < -0.3 is 35.0 Å². The van der Waals surface area contributed by atoms with Gasteiger partial charge in [-0.2, -0.15) is 8.78 Å². The Kier molecular flexibility index (Phi) is 12.3. The molecule has 2 aromatic carbocycles. The summed E-state index contributed by atoms with van der Waals surface area (Å²) in [5.41, 5.74) is 1.67. The Balaban J connectivity index is 0.765. The molecule has 6 aliphatic rings. The molecule has 1 aliphatic carbocycles. The Morgan fingerprint density at radius 2 is 1.60 bits per heavy atom. The first-order chi connectivity index (χ1) is 32.1. The molecule has 21 heteroatoms. The topological polar surface area (TPSA) is 197 Å². The number of piperidine rings is 2. The number of nitrogens with zero attached hydrogens (tertiary/aromatic N) is 7. The predicted octanol–water partition coefficient (Wildman–Crippen LogP) is 3.28. The van der Waals surface area contributed by atoms with E-state index in [1.165, 1.54) is 26.4 Å². The van der Waals surface area contributed by atoms with Crippen LogP contribution in [0.15, 0.2) is 42.6 Å². The lowest BCUT2D eigenvalue weighted by Gasteiger charge is -2.38. The normalized spacial score (nSPS) is 21.6. The van der Waals surface area contributed by atoms with Gasteiger partial charge in [0.05, 0.1) is 60.1 Å². The number of pyridine rings is 1. The summed E-state index contributed by atoms with van der Waals surface area (Å²) in [5.74, 6) is -8.39. The zero-order chi connectivity index (χ0) is 47.3. The molecule has 4 fully saturated rings. The van der Waals surface area contributed by atoms with Crippen molar-refractivity contribution in [2.45, 2.75) is 75.4 Å². The highest BCUT2D eigenvalue weighted by atomic mass is 19.3. The number of likely N-dealkylation sites (tertiary alicyclic amines) is 1. The number of alkyl halides is 2. The maximum absolute atomic E-state index is 15.7. The fourth-order valence-corrected chi connectivity index (χ4v) is 10.0. The van der Waals surface area contributed by atoms with Crippen LogP contribution in [0.5, 0.6) is 5.75 Å². The number of carbonyl (C=O) groups excluding carboxylic acids is 7. The second-order valence-corrected chi connectivity index (χ2v) is 17.9. The van der Waals surface area contributed by atoms with Gasteiger partial charge in [0.25, 0.3) is 23.6 Å². The van der Waals surface area contributed by atoms with Gasteiger partial charge >= 0.3 is 5.92 Å². The second kappa shape index (κ2) is 18.1. The van der Waals surface area contributed by atoms with Crippen molar-refractivity contribution in [3.05, 3.63) is 65.1 Å². The number of fused-ring (bicyclic) bond motifs is 2. The average molecular weight is 929 g/mol. The molecule has 18 nitrogen and oxygen atoms in total. The Bertz CT molecular complexity index is 2540. The molecule has 354 valence electrons. The number of hydrogen-bond acceptors (Lipinski definition) is 13. The maximum atomic E-state index is 15.7. The predicted molar refractivity (Wildman–Crippen MR) is 237 cm³/mol. The largest absolute Gasteiger partial charge is 0.495 e. The molecule has 7 amide bonds. The number of amides is 7. The third kappa shape index (κ3) is 8.83. The highest BCUT2D eigenvalue weighted by Crippen LogP contribution is 2.42. The first-order valence-electron chi connectivity index (χ1n) is 22.6. The van der Waals surface area contributed by atoms with Crippen LogP contribution in [-0.4, -0.2) is 152 Å². The summed E-state index contributed by atoms with van der Waals surface area (Å²) in [5, 5.41) is 8.10. The minimum atomic E-state index is -3.61. The smallest absolute Gasteiger partial charge is 0.342 e. The van der Waals surface area contributed by atoms with Gasteiger partial charge in [-0.3, -0.25) is 48.7 Å². The minimum absolute atomic E-state index is 0.0367. The number of anilines is 5. The van der Waals surface area contributed by atoms with Crippen LogP contribution in [0.3, 0.4) is 0 Å². The number of hydrogen-bond donors (Lipinski definition) is 3. The van der Waals surface area contributed by atoms with Crippen molar-refractivity contribution in [1.82, 2.24) is 30.3 Å². The number of rotatable bonds is 10. The molecule has 0 radical (unpaired) electrons. The van der Waals surface area contributed by atoms with Gasteiger partial charge in [0.2, 0.25) is 17.7 Å². The number of aromatic nitrogens is 1. The summed E-state index contributed by atoms with van der Waals surface area (Å²) in [6.07, 6.45) is 5.53. The molecule has 5 aliphatic heterocycles. The number of halogens is 3. The van der Waals surface area contributed by atoms with E-state index in [1.807, 2.05) is 4.90 Å². The number of methoxy groups -OCH3 is 1. The third-order valence-corrected chi connectivity index (χ3v) is 13.8. The van der Waals surface area contributed by atoms with E-state index in [0.717, 1.165) is 34.4 Å². The number of ether oxygens (including phenoxy) is 1. The Morgan fingerprint density at radius 1 is 0.881 bits per heavy atom. The van der Waals surface area contributed by atoms with Crippen LogP contribution in [0.4, 0.5) is 41.7 Å². The highest BCUT2D eigenvalue weighted by molar-refractivity contribution is 6.23. The van der Waals surface area contributed by atoms with Crippen LogP contribution >= 0.6 is 0 Å². The van der Waals surface area contributed by atoms with Crippen molar-refractivity contribution < 1.29 is 51.5 Å². The third-order valence-electron chi connectivity index (χ3n) is 13.8. The summed E-state index contributed by atoms with van der Waals surface area (Å²) >= 11 is 0. The molecular formula is C46H51F3N10O8. The Hall–Kier alpha value is -6.77. The molecule has 0 bridgehead atoms. The molecule has 3 saturated heterocycles. The van der Waals surface area contributed by atoms with E-state index in [1.54, 1.807) is 34.1 Å². The van der Waals surface area contributed by atoms with E-state index in [9.17, 15) is 33.6 Å². The van der Waals surface area contributed by atoms with Gasteiger partial charge in [-0.15, -0.1) is 0 Å². The van der Waals surface area contributed by atoms with Gasteiger partial charge in [0.15, 0.2) is 0 Å². The first-order valence-corrected chi connectivity index (χ1v) is 22.6. The molecule has 1 unspecified atom stereocenters. The summed E-state index contributed by atoms with van der Waals surface area (Å²) < 4.78 is 51.4. The van der Waals surface area contributed by atoms with Crippen molar-refractivity contribution >= 4 is 69.9 Å². The molecule has 67 heavy (non-hydrogen) atoms. The molecule has 1 saturated carbocycles. The molecule has 3 aromatic rings. The van der Waals surface area contributed by atoms with E-state index in [-0.39, 0.29) is 77.0 Å². The van der Waals surface area contributed by atoms with Gasteiger partial charge in [-0.05, 0) is 56.4 Å². The molecule has 6 heterocycles. The van der Waals surface area contributed by atoms with Crippen LogP contribution in [0.2, 0.25) is 0 Å². The fraction of sp³-hybridized carbons (Fsp3) is 0.478. The van der Waals surface area contributed by atoms with Crippen molar-refractivity contribution in [1.29, 1.82) is 0 Å². The monoisotopic (exact) mass is 928 g/mol. The quantitative estimate of drug-likeness (QED) is 0.251. The van der Waals surface area contributed by atoms with Crippen molar-refractivity contribution in [3.8, 4) is 5.75 Å². The Morgan fingerprint density at radius 3 is 2.30 bits per heavy atom. The van der Waals surface area contributed by atoms with Crippen LogP contribution in [0.1, 0.15) is 82.4 Å². The van der Waals surface area contributed by atoms with E-state index in [0.29, 0.717) is 70.6 Å². The van der Waals surface area contributed by atoms with E-state index < -0.39 is 59.8 Å². The van der Waals surface area contributed by atoms with Crippen LogP contribution < -0.4 is 35.4 Å². The molecule has 9 rings (SSSR count). The number of piperazine rings is 1. The minimum Gasteiger partial charge on any atom is -0.495 e. The van der Waals surface area contributed by atoms with Crippen molar-refractivity contribution in [2.24, 2.45) is 0 Å². The zero-order valence-corrected chi connectivity index (χ0v) is 37.1. The van der Waals surface area contributed by atoms with E-state index in [4.69, 9.17) is 4.74 Å². The number of benzene rings is 2. The van der Waals surface area contributed by atoms with E-state index >= 15 is 13.2 Å². The van der Waals surface area contributed by atoms with Gasteiger partial charge in [-0.1, -0.05) is 12.8 Å². The molecule has 3 N–H and O–H groups in total. The van der Waals surface area contributed by atoms with Crippen LogP contribution in [0.25, 0.3) is 0 Å². The van der Waals surface area contributed by atoms with Gasteiger partial charge in [0, 0.05) is 82.6 Å². The van der Waals surface area contributed by atoms with Crippen molar-refractivity contribution in [3.63, 3.8) is 0 Å². The summed E-state index contributed by atoms with van der Waals surface area (Å²) in [4.78, 5) is 104. The molecule has 0 spiro atoms. The second-order valence-electron chi connectivity index (χ2n) is 17.9. The van der Waals surface area contributed by atoms with E-state index in [2.05, 4.69) is 25.8 Å². The Labute approximate surface area is 383 Å². The standard InChI is InChI=1S/C46H51F3N10O8/c1-54-36-23-50-38(22-35(36)58(27-5-3-4-6-27)25-46(48,49)45(54)66)52-33-21-32(47)31(20-37(33)67-2)41(62)51-26-11-13-57(14-12-26)40(61)24-55-15-17-56(18-16-55)28-7-8-29-30(19-28)44(65)59(43(29)64)34-9-10-39(60)53-42(34)63/h7-8,19-23,26-27,34H,3-6,9-18,24-25H2,1-2H3,(H,50,52)(H,51,62)(H,53,60,63). The lowest BCUT2D eigenvalue weighted by molar-refractivity contribution is -0.140. The lowest BCUT2D eigenvalue weighted by atomic mass is 10.0. The summed E-state index contributed by atoms with van der Waals surface area (Å²) in [7, 11) is 2.66. The fourth-order valence-electron chi connectivity index (χ4n) is 10.0. The summed E-state index contributed by atoms with van der Waals surface area (Å²) in [6.45, 7) is 2.46. The summed E-state index contributed by atoms with van der Waals surface area (Å²) in [6, 6.07) is 7.39. The molecule has 1 aromatic heterocycles. The average Bonchev–Trinajstić information content (AvgIpc) is 3.92. The van der Waals surface area contributed by atoms with Crippen molar-refractivity contribution in [2.75, 3.05) is 86.5 Å².